The van der Waals surface area contributed by atoms with Gasteiger partial charge in [-0.05, 0) is 25.6 Å². The van der Waals surface area contributed by atoms with Gasteiger partial charge in [-0.2, -0.15) is 0 Å². The molecule has 1 heterocycles. The monoisotopic (exact) mass is 193 g/mol. The second-order valence-electron chi connectivity index (χ2n) is 3.97. The zero-order valence-electron chi connectivity index (χ0n) is 9.58. The van der Waals surface area contributed by atoms with Gasteiger partial charge in [-0.15, -0.1) is 0 Å². The molecule has 0 aromatic rings. The predicted molar refractivity (Wildman–Crippen MR) is 63.2 cm³/mol. The Hall–Kier alpha value is -0.720. The lowest BCUT2D eigenvalue weighted by Crippen LogP contribution is -2.30. The molecular weight excluding hydrogens is 170 g/mol. The minimum atomic E-state index is 0.654. The van der Waals surface area contributed by atoms with Gasteiger partial charge in [-0.25, -0.2) is 0 Å². The fraction of sp³-hybridized carbons (Fsp3) is 0.692. The van der Waals surface area contributed by atoms with E-state index in [0.29, 0.717) is 6.04 Å². The molecule has 14 heavy (non-hydrogen) atoms. The van der Waals surface area contributed by atoms with Crippen LogP contribution in [0.25, 0.3) is 0 Å². The van der Waals surface area contributed by atoms with Gasteiger partial charge in [0.1, 0.15) is 0 Å². The highest BCUT2D eigenvalue weighted by atomic mass is 15.1. The van der Waals surface area contributed by atoms with Crippen LogP contribution in [0.3, 0.4) is 0 Å². The average molecular weight is 193 g/mol. The van der Waals surface area contributed by atoms with Crippen LogP contribution in [0.1, 0.15) is 46.0 Å². The van der Waals surface area contributed by atoms with E-state index in [2.05, 4.69) is 43.2 Å². The summed E-state index contributed by atoms with van der Waals surface area (Å²) in [6.45, 7) is 5.61. The second-order valence-corrected chi connectivity index (χ2v) is 3.97. The lowest BCUT2D eigenvalue weighted by molar-refractivity contribution is 0.309. The molecule has 0 spiro atoms. The van der Waals surface area contributed by atoms with Gasteiger partial charge >= 0.3 is 0 Å². The quantitative estimate of drug-likeness (QED) is 0.581. The molecule has 0 aliphatic carbocycles. The van der Waals surface area contributed by atoms with Crippen molar-refractivity contribution < 1.29 is 0 Å². The standard InChI is InChI=1S/C13H23N/c1-3-5-6-7-10-13-11-8-9-12-14(13)4-2/h8-9,11-13H,3-7,10H2,1-2H3. The summed E-state index contributed by atoms with van der Waals surface area (Å²) in [6, 6.07) is 0.654. The van der Waals surface area contributed by atoms with Crippen molar-refractivity contribution in [2.75, 3.05) is 6.54 Å². The van der Waals surface area contributed by atoms with E-state index in [1.54, 1.807) is 0 Å². The molecule has 0 radical (unpaired) electrons. The number of hydrogen-bond acceptors (Lipinski definition) is 1. The largest absolute Gasteiger partial charge is 0.371 e. The first-order chi connectivity index (χ1) is 6.88. The van der Waals surface area contributed by atoms with Crippen molar-refractivity contribution in [3.8, 4) is 0 Å². The molecule has 0 fully saturated rings. The van der Waals surface area contributed by atoms with Gasteiger partial charge in [-0.1, -0.05) is 44.8 Å². The molecule has 1 rings (SSSR count). The third-order valence-electron chi connectivity index (χ3n) is 2.87. The maximum absolute atomic E-state index is 2.42. The molecule has 0 amide bonds. The van der Waals surface area contributed by atoms with Gasteiger partial charge in [0.2, 0.25) is 0 Å². The summed E-state index contributed by atoms with van der Waals surface area (Å²) in [4.78, 5) is 2.42. The van der Waals surface area contributed by atoms with E-state index < -0.39 is 0 Å². The van der Waals surface area contributed by atoms with Gasteiger partial charge in [0.05, 0.1) is 0 Å². The van der Waals surface area contributed by atoms with Crippen molar-refractivity contribution >= 4 is 0 Å². The van der Waals surface area contributed by atoms with E-state index >= 15 is 0 Å². The average Bonchev–Trinajstić information content (AvgIpc) is 2.25. The molecule has 1 aliphatic rings. The molecule has 1 nitrogen and oxygen atoms in total. The second kappa shape index (κ2) is 6.69. The summed E-state index contributed by atoms with van der Waals surface area (Å²) in [5.74, 6) is 0. The Morgan fingerprint density at radius 1 is 1.07 bits per heavy atom. The SMILES string of the molecule is CCCCCCC1C=CC=CN1CC. The van der Waals surface area contributed by atoms with E-state index in [1.165, 1.54) is 32.1 Å². The minimum Gasteiger partial charge on any atom is -0.371 e. The highest BCUT2D eigenvalue weighted by molar-refractivity contribution is 5.12. The van der Waals surface area contributed by atoms with Crippen LogP contribution in [0.2, 0.25) is 0 Å². The lowest BCUT2D eigenvalue weighted by atomic mass is 10.0. The summed E-state index contributed by atoms with van der Waals surface area (Å²) in [5, 5.41) is 0. The summed E-state index contributed by atoms with van der Waals surface area (Å²) < 4.78 is 0. The fourth-order valence-corrected chi connectivity index (χ4v) is 1.96. The Bertz CT molecular complexity index is 193. The van der Waals surface area contributed by atoms with Gasteiger partial charge < -0.3 is 4.90 Å². The highest BCUT2D eigenvalue weighted by Gasteiger charge is 2.11. The normalized spacial score (nSPS) is 20.4. The minimum absolute atomic E-state index is 0.654. The molecule has 1 unspecified atom stereocenters. The van der Waals surface area contributed by atoms with Crippen LogP contribution in [0.4, 0.5) is 0 Å². The molecular formula is C13H23N. The zero-order chi connectivity index (χ0) is 10.2. The fourth-order valence-electron chi connectivity index (χ4n) is 1.96. The van der Waals surface area contributed by atoms with Gasteiger partial charge in [0.25, 0.3) is 0 Å². The molecule has 1 aliphatic heterocycles. The number of allylic oxidation sites excluding steroid dienone is 2. The Balaban J connectivity index is 2.21. The van der Waals surface area contributed by atoms with E-state index in [0.717, 1.165) is 6.54 Å². The topological polar surface area (TPSA) is 3.24 Å². The number of rotatable bonds is 6. The maximum atomic E-state index is 2.42. The van der Waals surface area contributed by atoms with E-state index in [-0.39, 0.29) is 0 Å². The van der Waals surface area contributed by atoms with Gasteiger partial charge in [-0.3, -0.25) is 0 Å². The van der Waals surface area contributed by atoms with Crippen LogP contribution in [-0.4, -0.2) is 17.5 Å². The van der Waals surface area contributed by atoms with Crippen molar-refractivity contribution in [1.29, 1.82) is 0 Å². The van der Waals surface area contributed by atoms with Crippen molar-refractivity contribution in [1.82, 2.24) is 4.90 Å². The molecule has 0 N–H and O–H groups in total. The third kappa shape index (κ3) is 3.57. The molecule has 0 saturated heterocycles. The Kier molecular flexibility index (Phi) is 5.43. The predicted octanol–water partition coefficient (Wildman–Crippen LogP) is 3.73. The van der Waals surface area contributed by atoms with Crippen LogP contribution in [-0.2, 0) is 0 Å². The first-order valence-electron chi connectivity index (χ1n) is 5.99. The summed E-state index contributed by atoms with van der Waals surface area (Å²) in [5.41, 5.74) is 0. The summed E-state index contributed by atoms with van der Waals surface area (Å²) >= 11 is 0. The Morgan fingerprint density at radius 2 is 1.93 bits per heavy atom. The first-order valence-corrected chi connectivity index (χ1v) is 5.99. The van der Waals surface area contributed by atoms with Crippen molar-refractivity contribution in [2.24, 2.45) is 0 Å². The third-order valence-corrected chi connectivity index (χ3v) is 2.87. The summed E-state index contributed by atoms with van der Waals surface area (Å²) in [7, 11) is 0. The van der Waals surface area contributed by atoms with Crippen molar-refractivity contribution in [2.45, 2.75) is 52.0 Å². The molecule has 0 aromatic heterocycles. The van der Waals surface area contributed by atoms with Crippen LogP contribution in [0.5, 0.6) is 0 Å². The van der Waals surface area contributed by atoms with Crippen molar-refractivity contribution in [3.05, 3.63) is 24.4 Å². The molecule has 0 bridgehead atoms. The van der Waals surface area contributed by atoms with Crippen molar-refractivity contribution in [3.63, 3.8) is 0 Å². The maximum Gasteiger partial charge on any atom is 0.0470 e. The molecule has 1 atom stereocenters. The van der Waals surface area contributed by atoms with Gasteiger partial charge in [0, 0.05) is 12.6 Å². The first kappa shape index (κ1) is 11.4. The van der Waals surface area contributed by atoms with Crippen LogP contribution in [0.15, 0.2) is 24.4 Å². The Morgan fingerprint density at radius 3 is 2.64 bits per heavy atom. The van der Waals surface area contributed by atoms with Crippen LogP contribution in [0, 0.1) is 0 Å². The molecule has 0 saturated carbocycles. The van der Waals surface area contributed by atoms with E-state index in [9.17, 15) is 0 Å². The number of nitrogens with zero attached hydrogens (tertiary/aromatic N) is 1. The smallest absolute Gasteiger partial charge is 0.0470 e. The highest BCUT2D eigenvalue weighted by Crippen LogP contribution is 2.15. The van der Waals surface area contributed by atoms with Crippen LogP contribution >= 0.6 is 0 Å². The number of hydrogen-bond donors (Lipinski definition) is 0. The molecule has 1 heteroatoms. The summed E-state index contributed by atoms with van der Waals surface area (Å²) in [6.07, 6.45) is 15.6. The van der Waals surface area contributed by atoms with Crippen LogP contribution < -0.4 is 0 Å². The molecule has 80 valence electrons. The zero-order valence-corrected chi connectivity index (χ0v) is 9.58. The molecule has 0 aromatic carbocycles. The Labute approximate surface area is 88.5 Å². The van der Waals surface area contributed by atoms with E-state index in [1.807, 2.05) is 0 Å². The van der Waals surface area contributed by atoms with Gasteiger partial charge in [0.15, 0.2) is 0 Å². The number of unbranched alkanes of at least 4 members (excludes halogenated alkanes) is 3. The van der Waals surface area contributed by atoms with E-state index in [4.69, 9.17) is 0 Å². The lowest BCUT2D eigenvalue weighted by Gasteiger charge is -2.29. The number of likely N-dealkylation sites (N-methyl/N-ethyl adjacent to an activating group) is 1.